The van der Waals surface area contributed by atoms with Crippen molar-refractivity contribution in [3.05, 3.63) is 52.5 Å². The SMILES string of the molecule is O=c1[nH]c2ccc(S(=O)(=O)Nc3cc(C(F)(F)F)ccc3N3CCCCC3)cc2o1. The Labute approximate surface area is 169 Å². The largest absolute Gasteiger partial charge is 0.417 e. The zero-order chi connectivity index (χ0) is 21.5. The lowest BCUT2D eigenvalue weighted by Crippen LogP contribution is -2.30. The van der Waals surface area contributed by atoms with E-state index in [9.17, 15) is 26.4 Å². The molecule has 3 aromatic rings. The molecule has 1 fully saturated rings. The van der Waals surface area contributed by atoms with Crippen LogP contribution in [-0.2, 0) is 16.2 Å². The molecule has 1 aliphatic rings. The summed E-state index contributed by atoms with van der Waals surface area (Å²) in [6, 6.07) is 6.78. The van der Waals surface area contributed by atoms with Gasteiger partial charge < -0.3 is 9.32 Å². The van der Waals surface area contributed by atoms with Gasteiger partial charge in [-0.2, -0.15) is 13.2 Å². The highest BCUT2D eigenvalue weighted by Gasteiger charge is 2.32. The first-order chi connectivity index (χ1) is 14.1. The van der Waals surface area contributed by atoms with Gasteiger partial charge in [-0.05, 0) is 49.6 Å². The fraction of sp³-hybridized carbons (Fsp3) is 0.316. The first-order valence-electron chi connectivity index (χ1n) is 9.25. The van der Waals surface area contributed by atoms with E-state index in [2.05, 4.69) is 9.71 Å². The van der Waals surface area contributed by atoms with Crippen LogP contribution in [0.5, 0.6) is 0 Å². The molecule has 0 saturated carbocycles. The topological polar surface area (TPSA) is 95.4 Å². The van der Waals surface area contributed by atoms with Crippen molar-refractivity contribution in [3.8, 4) is 0 Å². The number of halogens is 3. The van der Waals surface area contributed by atoms with Gasteiger partial charge in [-0.3, -0.25) is 9.71 Å². The summed E-state index contributed by atoms with van der Waals surface area (Å²) in [5.41, 5.74) is -0.369. The smallest absolute Gasteiger partial charge is 0.408 e. The van der Waals surface area contributed by atoms with Crippen LogP contribution in [0, 0.1) is 0 Å². The predicted octanol–water partition coefficient (Wildman–Crippen LogP) is 3.93. The lowest BCUT2D eigenvalue weighted by molar-refractivity contribution is -0.137. The molecule has 11 heteroatoms. The van der Waals surface area contributed by atoms with Gasteiger partial charge in [-0.1, -0.05) is 0 Å². The summed E-state index contributed by atoms with van der Waals surface area (Å²) in [6.07, 6.45) is -1.86. The number of hydrogen-bond donors (Lipinski definition) is 2. The van der Waals surface area contributed by atoms with Gasteiger partial charge in [0.15, 0.2) is 5.58 Å². The molecule has 0 amide bonds. The summed E-state index contributed by atoms with van der Waals surface area (Å²) in [7, 11) is -4.24. The molecule has 7 nitrogen and oxygen atoms in total. The van der Waals surface area contributed by atoms with Gasteiger partial charge >= 0.3 is 11.9 Å². The summed E-state index contributed by atoms with van der Waals surface area (Å²) in [4.78, 5) is 15.3. The van der Waals surface area contributed by atoms with Crippen molar-refractivity contribution in [2.45, 2.75) is 30.3 Å². The minimum absolute atomic E-state index is 0.0307. The number of aromatic amines is 1. The average molecular weight is 441 g/mol. The summed E-state index contributed by atoms with van der Waals surface area (Å²) >= 11 is 0. The molecular weight excluding hydrogens is 423 g/mol. The number of rotatable bonds is 4. The summed E-state index contributed by atoms with van der Waals surface area (Å²) in [6.45, 7) is 1.25. The third-order valence-electron chi connectivity index (χ3n) is 4.97. The van der Waals surface area contributed by atoms with Gasteiger partial charge in [0.25, 0.3) is 10.0 Å². The van der Waals surface area contributed by atoms with E-state index in [-0.39, 0.29) is 16.2 Å². The van der Waals surface area contributed by atoms with E-state index >= 15 is 0 Å². The first kappa shape index (κ1) is 20.3. The maximum absolute atomic E-state index is 13.2. The first-order valence-corrected chi connectivity index (χ1v) is 10.7. The number of nitrogens with one attached hydrogen (secondary N) is 2. The Bertz CT molecular complexity index is 1240. The highest BCUT2D eigenvalue weighted by Crippen LogP contribution is 2.37. The van der Waals surface area contributed by atoms with Crippen molar-refractivity contribution in [1.29, 1.82) is 0 Å². The van der Waals surface area contributed by atoms with E-state index in [0.29, 0.717) is 24.3 Å². The highest BCUT2D eigenvalue weighted by atomic mass is 32.2. The standard InChI is InChI=1S/C19H18F3N3O4S/c20-19(21,22)12-4-7-16(25-8-2-1-3-9-25)15(10-12)24-30(27,28)13-5-6-14-17(11-13)29-18(26)23-14/h4-7,10-11,24H,1-3,8-9H2,(H,23,26). The quantitative estimate of drug-likeness (QED) is 0.640. The molecule has 0 bridgehead atoms. The molecule has 0 unspecified atom stereocenters. The van der Waals surface area contributed by atoms with Crippen LogP contribution in [0.2, 0.25) is 0 Å². The maximum Gasteiger partial charge on any atom is 0.417 e. The van der Waals surface area contributed by atoms with Gasteiger partial charge in [0, 0.05) is 19.2 Å². The van der Waals surface area contributed by atoms with E-state index < -0.39 is 27.5 Å². The Morgan fingerprint density at radius 3 is 2.47 bits per heavy atom. The zero-order valence-electron chi connectivity index (χ0n) is 15.6. The molecule has 2 aromatic carbocycles. The van der Waals surface area contributed by atoms with Crippen molar-refractivity contribution in [2.24, 2.45) is 0 Å². The van der Waals surface area contributed by atoms with Crippen LogP contribution in [0.1, 0.15) is 24.8 Å². The number of benzene rings is 2. The second kappa shape index (κ2) is 7.38. The number of H-pyrrole nitrogens is 1. The molecule has 0 spiro atoms. The normalized spacial score (nSPS) is 15.5. The Kier molecular flexibility index (Phi) is 5.00. The van der Waals surface area contributed by atoms with Gasteiger partial charge in [0.1, 0.15) is 0 Å². The van der Waals surface area contributed by atoms with Crippen molar-refractivity contribution < 1.29 is 26.0 Å². The number of hydrogen-bond acceptors (Lipinski definition) is 5. The van der Waals surface area contributed by atoms with Crippen LogP contribution in [0.25, 0.3) is 11.1 Å². The predicted molar refractivity (Wildman–Crippen MR) is 105 cm³/mol. The molecule has 4 rings (SSSR count). The third-order valence-corrected chi connectivity index (χ3v) is 6.33. The highest BCUT2D eigenvalue weighted by molar-refractivity contribution is 7.92. The van der Waals surface area contributed by atoms with Crippen molar-refractivity contribution in [1.82, 2.24) is 4.98 Å². The van der Waals surface area contributed by atoms with Crippen molar-refractivity contribution in [2.75, 3.05) is 22.7 Å². The van der Waals surface area contributed by atoms with E-state index in [0.717, 1.165) is 37.5 Å². The van der Waals surface area contributed by atoms with Gasteiger partial charge in [-0.15, -0.1) is 0 Å². The van der Waals surface area contributed by atoms with Gasteiger partial charge in [0.05, 0.1) is 27.4 Å². The molecule has 0 radical (unpaired) electrons. The summed E-state index contributed by atoms with van der Waals surface area (Å²) < 4.78 is 72.7. The molecule has 1 saturated heterocycles. The molecule has 1 aromatic heterocycles. The fourth-order valence-electron chi connectivity index (χ4n) is 3.50. The monoisotopic (exact) mass is 441 g/mol. The Morgan fingerprint density at radius 2 is 1.77 bits per heavy atom. The van der Waals surface area contributed by atoms with E-state index in [1.54, 1.807) is 0 Å². The molecule has 1 aliphatic heterocycles. The number of sulfonamides is 1. The number of aromatic nitrogens is 1. The average Bonchev–Trinajstić information content (AvgIpc) is 3.07. The number of alkyl halides is 3. The number of oxazole rings is 1. The lowest BCUT2D eigenvalue weighted by atomic mass is 10.1. The lowest BCUT2D eigenvalue weighted by Gasteiger charge is -2.31. The summed E-state index contributed by atoms with van der Waals surface area (Å²) in [5.74, 6) is -0.738. The fourth-order valence-corrected chi connectivity index (χ4v) is 4.58. The maximum atomic E-state index is 13.2. The van der Waals surface area contributed by atoms with Gasteiger partial charge in [-0.25, -0.2) is 13.2 Å². The van der Waals surface area contributed by atoms with Crippen molar-refractivity contribution in [3.63, 3.8) is 0 Å². The molecule has 2 heterocycles. The molecule has 2 N–H and O–H groups in total. The number of fused-ring (bicyclic) bond motifs is 1. The van der Waals surface area contributed by atoms with E-state index in [1.165, 1.54) is 18.2 Å². The van der Waals surface area contributed by atoms with Crippen molar-refractivity contribution >= 4 is 32.5 Å². The Morgan fingerprint density at radius 1 is 1.03 bits per heavy atom. The molecule has 0 aliphatic carbocycles. The van der Waals surface area contributed by atoms with Crippen LogP contribution in [0.3, 0.4) is 0 Å². The minimum atomic E-state index is -4.62. The van der Waals surface area contributed by atoms with Crippen LogP contribution in [0.4, 0.5) is 24.5 Å². The van der Waals surface area contributed by atoms with Crippen LogP contribution in [-0.4, -0.2) is 26.5 Å². The zero-order valence-corrected chi connectivity index (χ0v) is 16.4. The number of nitrogens with zero attached hydrogens (tertiary/aromatic N) is 1. The second-order valence-corrected chi connectivity index (χ2v) is 8.74. The van der Waals surface area contributed by atoms with E-state index in [4.69, 9.17) is 4.42 Å². The number of piperidine rings is 1. The Balaban J connectivity index is 1.75. The third kappa shape index (κ3) is 4.02. The molecule has 30 heavy (non-hydrogen) atoms. The second-order valence-electron chi connectivity index (χ2n) is 7.06. The van der Waals surface area contributed by atoms with Crippen LogP contribution in [0.15, 0.2) is 50.5 Å². The molecular formula is C19H18F3N3O4S. The van der Waals surface area contributed by atoms with Crippen LogP contribution >= 0.6 is 0 Å². The van der Waals surface area contributed by atoms with Crippen LogP contribution < -0.4 is 15.4 Å². The summed E-state index contributed by atoms with van der Waals surface area (Å²) in [5, 5.41) is 0. The van der Waals surface area contributed by atoms with E-state index in [1.807, 2.05) is 4.90 Å². The molecule has 0 atom stereocenters. The molecule has 160 valence electrons. The Hall–Kier alpha value is -2.95. The van der Waals surface area contributed by atoms with Gasteiger partial charge in [0.2, 0.25) is 0 Å². The number of anilines is 2. The minimum Gasteiger partial charge on any atom is -0.408 e.